The summed E-state index contributed by atoms with van der Waals surface area (Å²) in [6.07, 6.45) is 11.1. The molecule has 136 valence electrons. The van der Waals surface area contributed by atoms with E-state index in [-0.39, 0.29) is 11.9 Å². The third-order valence-corrected chi connectivity index (χ3v) is 5.20. The van der Waals surface area contributed by atoms with E-state index in [1.807, 2.05) is 23.2 Å². The highest BCUT2D eigenvalue weighted by atomic mass is 16.2. The second-order valence-electron chi connectivity index (χ2n) is 6.81. The standard InChI is InChI=1S/C19H24N6O/c26-19(18(24-8-1-2-9-24)16-4-3-5-20-14-16)25-12-10-23(11-13-25)17-15-21-6-7-22-17/h3-7,14-15,18H,1-2,8-13H2/t18-/m0/s1. The molecule has 7 heteroatoms. The number of rotatable bonds is 4. The van der Waals surface area contributed by atoms with Gasteiger partial charge in [0.05, 0.1) is 6.20 Å². The van der Waals surface area contributed by atoms with Crippen molar-refractivity contribution >= 4 is 11.7 Å². The number of hydrogen-bond acceptors (Lipinski definition) is 6. The van der Waals surface area contributed by atoms with Crippen LogP contribution in [0.1, 0.15) is 24.4 Å². The Balaban J connectivity index is 1.47. The third kappa shape index (κ3) is 3.53. The Kier molecular flexibility index (Phi) is 5.06. The zero-order valence-electron chi connectivity index (χ0n) is 14.9. The van der Waals surface area contributed by atoms with E-state index in [9.17, 15) is 4.79 Å². The monoisotopic (exact) mass is 352 g/mol. The summed E-state index contributed by atoms with van der Waals surface area (Å²) in [6, 6.07) is 3.72. The molecule has 4 rings (SSSR count). The average Bonchev–Trinajstić information content (AvgIpc) is 3.24. The highest BCUT2D eigenvalue weighted by molar-refractivity contribution is 5.83. The maximum Gasteiger partial charge on any atom is 0.244 e. The largest absolute Gasteiger partial charge is 0.352 e. The Hall–Kier alpha value is -2.54. The first-order valence-corrected chi connectivity index (χ1v) is 9.26. The summed E-state index contributed by atoms with van der Waals surface area (Å²) in [5, 5.41) is 0. The van der Waals surface area contributed by atoms with E-state index in [1.165, 1.54) is 0 Å². The lowest BCUT2D eigenvalue weighted by atomic mass is 10.1. The summed E-state index contributed by atoms with van der Waals surface area (Å²) in [7, 11) is 0. The van der Waals surface area contributed by atoms with Gasteiger partial charge in [-0.1, -0.05) is 6.07 Å². The molecule has 2 aliphatic rings. The molecule has 4 heterocycles. The number of carbonyl (C=O) groups excluding carboxylic acids is 1. The molecular weight excluding hydrogens is 328 g/mol. The Morgan fingerprint density at radius 1 is 0.923 bits per heavy atom. The molecule has 1 atom stereocenters. The molecule has 2 aromatic rings. The maximum absolute atomic E-state index is 13.3. The van der Waals surface area contributed by atoms with E-state index in [0.29, 0.717) is 13.1 Å². The van der Waals surface area contributed by atoms with Crippen molar-refractivity contribution in [2.24, 2.45) is 0 Å². The molecule has 1 amide bonds. The SMILES string of the molecule is O=C([C@H](c1cccnc1)N1CCCC1)N1CCN(c2cnccn2)CC1. The van der Waals surface area contributed by atoms with Crippen LogP contribution in [0.25, 0.3) is 0 Å². The van der Waals surface area contributed by atoms with E-state index in [1.54, 1.807) is 24.8 Å². The second kappa shape index (κ2) is 7.78. The van der Waals surface area contributed by atoms with Gasteiger partial charge in [-0.15, -0.1) is 0 Å². The van der Waals surface area contributed by atoms with Gasteiger partial charge in [-0.2, -0.15) is 0 Å². The Morgan fingerprint density at radius 2 is 1.69 bits per heavy atom. The number of piperazine rings is 1. The minimum absolute atomic E-state index is 0.193. The molecule has 0 aromatic carbocycles. The molecule has 0 spiro atoms. The zero-order valence-corrected chi connectivity index (χ0v) is 14.9. The van der Waals surface area contributed by atoms with Gasteiger partial charge in [-0.05, 0) is 37.6 Å². The highest BCUT2D eigenvalue weighted by Gasteiger charge is 2.34. The number of anilines is 1. The topological polar surface area (TPSA) is 65.5 Å². The van der Waals surface area contributed by atoms with E-state index in [2.05, 4.69) is 24.8 Å². The number of hydrogen-bond donors (Lipinski definition) is 0. The van der Waals surface area contributed by atoms with Crippen LogP contribution in [0.3, 0.4) is 0 Å². The normalized spacial score (nSPS) is 19.5. The molecule has 2 fully saturated rings. The first-order chi connectivity index (χ1) is 12.8. The lowest BCUT2D eigenvalue weighted by molar-refractivity contribution is -0.137. The van der Waals surface area contributed by atoms with Gasteiger partial charge < -0.3 is 9.80 Å². The molecule has 2 aromatic heterocycles. The van der Waals surface area contributed by atoms with Gasteiger partial charge in [0.1, 0.15) is 11.9 Å². The molecule has 2 aliphatic heterocycles. The number of nitrogens with zero attached hydrogens (tertiary/aromatic N) is 6. The van der Waals surface area contributed by atoms with E-state index in [0.717, 1.165) is 50.4 Å². The lowest BCUT2D eigenvalue weighted by Gasteiger charge is -2.38. The van der Waals surface area contributed by atoms with Gasteiger partial charge in [0.25, 0.3) is 0 Å². The van der Waals surface area contributed by atoms with Crippen LogP contribution in [0.4, 0.5) is 5.82 Å². The molecule has 26 heavy (non-hydrogen) atoms. The van der Waals surface area contributed by atoms with Crippen molar-refractivity contribution in [3.63, 3.8) is 0 Å². The van der Waals surface area contributed by atoms with Crippen LogP contribution in [0, 0.1) is 0 Å². The van der Waals surface area contributed by atoms with Crippen LogP contribution in [-0.4, -0.2) is 69.9 Å². The minimum atomic E-state index is -0.214. The molecule has 2 saturated heterocycles. The fourth-order valence-electron chi connectivity index (χ4n) is 3.83. The molecule has 0 unspecified atom stereocenters. The molecule has 0 bridgehead atoms. The maximum atomic E-state index is 13.3. The van der Waals surface area contributed by atoms with Gasteiger partial charge in [-0.3, -0.25) is 19.7 Å². The van der Waals surface area contributed by atoms with Gasteiger partial charge in [0, 0.05) is 51.0 Å². The van der Waals surface area contributed by atoms with E-state index < -0.39 is 0 Å². The van der Waals surface area contributed by atoms with Gasteiger partial charge in [0.2, 0.25) is 5.91 Å². The second-order valence-corrected chi connectivity index (χ2v) is 6.81. The summed E-state index contributed by atoms with van der Waals surface area (Å²) in [5.41, 5.74) is 0.996. The zero-order chi connectivity index (χ0) is 17.8. The van der Waals surface area contributed by atoms with Crippen LogP contribution >= 0.6 is 0 Å². The Morgan fingerprint density at radius 3 is 2.35 bits per heavy atom. The molecular formula is C19H24N6O. The van der Waals surface area contributed by atoms with Crippen molar-refractivity contribution in [2.75, 3.05) is 44.2 Å². The minimum Gasteiger partial charge on any atom is -0.352 e. The van der Waals surface area contributed by atoms with Crippen LogP contribution in [0.2, 0.25) is 0 Å². The number of carbonyl (C=O) groups is 1. The van der Waals surface area contributed by atoms with Crippen molar-refractivity contribution in [3.05, 3.63) is 48.7 Å². The number of aromatic nitrogens is 3. The van der Waals surface area contributed by atoms with Crippen LogP contribution in [-0.2, 0) is 4.79 Å². The summed E-state index contributed by atoms with van der Waals surface area (Å²) < 4.78 is 0. The summed E-state index contributed by atoms with van der Waals surface area (Å²) >= 11 is 0. The van der Waals surface area contributed by atoms with E-state index >= 15 is 0 Å². The Labute approximate surface area is 153 Å². The predicted octanol–water partition coefficient (Wildman–Crippen LogP) is 1.36. The van der Waals surface area contributed by atoms with E-state index in [4.69, 9.17) is 0 Å². The summed E-state index contributed by atoms with van der Waals surface area (Å²) in [4.78, 5) is 32.5. The Bertz CT molecular complexity index is 711. The van der Waals surface area contributed by atoms with Crippen molar-refractivity contribution in [1.29, 1.82) is 0 Å². The number of likely N-dealkylation sites (tertiary alicyclic amines) is 1. The molecule has 7 nitrogen and oxygen atoms in total. The average molecular weight is 352 g/mol. The number of amides is 1. The summed E-state index contributed by atoms with van der Waals surface area (Å²) in [5.74, 6) is 1.07. The molecule has 0 N–H and O–H groups in total. The van der Waals surface area contributed by atoms with Crippen LogP contribution in [0.5, 0.6) is 0 Å². The smallest absolute Gasteiger partial charge is 0.244 e. The molecule has 0 radical (unpaired) electrons. The van der Waals surface area contributed by atoms with Crippen molar-refractivity contribution in [1.82, 2.24) is 24.8 Å². The highest BCUT2D eigenvalue weighted by Crippen LogP contribution is 2.27. The van der Waals surface area contributed by atoms with Crippen molar-refractivity contribution in [2.45, 2.75) is 18.9 Å². The van der Waals surface area contributed by atoms with Gasteiger partial charge >= 0.3 is 0 Å². The fourth-order valence-corrected chi connectivity index (χ4v) is 3.83. The van der Waals surface area contributed by atoms with Crippen molar-refractivity contribution < 1.29 is 4.79 Å². The lowest BCUT2D eigenvalue weighted by Crippen LogP contribution is -2.52. The predicted molar refractivity (Wildman–Crippen MR) is 98.6 cm³/mol. The van der Waals surface area contributed by atoms with Gasteiger partial charge in [-0.25, -0.2) is 4.98 Å². The quantitative estimate of drug-likeness (QED) is 0.828. The first-order valence-electron chi connectivity index (χ1n) is 9.26. The van der Waals surface area contributed by atoms with Crippen LogP contribution < -0.4 is 4.90 Å². The fraction of sp³-hybridized carbons (Fsp3) is 0.474. The molecule has 0 saturated carbocycles. The van der Waals surface area contributed by atoms with Crippen LogP contribution in [0.15, 0.2) is 43.1 Å². The first kappa shape index (κ1) is 16.9. The van der Waals surface area contributed by atoms with Crippen molar-refractivity contribution in [3.8, 4) is 0 Å². The summed E-state index contributed by atoms with van der Waals surface area (Å²) in [6.45, 7) is 4.93. The third-order valence-electron chi connectivity index (χ3n) is 5.20. The van der Waals surface area contributed by atoms with Gasteiger partial charge in [0.15, 0.2) is 0 Å². The number of pyridine rings is 1. The molecule has 0 aliphatic carbocycles.